The summed E-state index contributed by atoms with van der Waals surface area (Å²) in [5.74, 6) is 1.00. The third-order valence-electron chi connectivity index (χ3n) is 7.09. The Hall–Kier alpha value is -4.12. The number of ether oxygens (including phenoxy) is 2. The van der Waals surface area contributed by atoms with E-state index in [-0.39, 0.29) is 36.7 Å². The zero-order valence-electron chi connectivity index (χ0n) is 22.7. The fourth-order valence-corrected chi connectivity index (χ4v) is 5.49. The summed E-state index contributed by atoms with van der Waals surface area (Å²) in [5.41, 5.74) is 2.16. The summed E-state index contributed by atoms with van der Waals surface area (Å²) >= 11 is 1.27. The number of methoxy groups -OCH3 is 2. The molecule has 210 valence electrons. The van der Waals surface area contributed by atoms with Gasteiger partial charge in [0.05, 0.1) is 32.0 Å². The van der Waals surface area contributed by atoms with Crippen molar-refractivity contribution in [2.75, 3.05) is 57.2 Å². The number of rotatable bonds is 10. The largest absolute Gasteiger partial charge is 0.497 e. The molecule has 0 atom stereocenters. The first-order chi connectivity index (χ1) is 19.4. The zero-order chi connectivity index (χ0) is 28.1. The molecule has 2 heterocycles. The first-order valence-corrected chi connectivity index (χ1v) is 14.2. The van der Waals surface area contributed by atoms with Crippen LogP contribution in [0.5, 0.6) is 11.5 Å². The van der Waals surface area contributed by atoms with Gasteiger partial charge in [-0.3, -0.25) is 14.4 Å². The molecule has 1 saturated carbocycles. The number of para-hydroxylation sites is 2. The standard InChI is InChI=1S/C29H33N5O5S/c1-38-23-11-7-20(8-12-23)28(37)34(22-9-10-22)18-26(35)31-29-30-21(19-40-29)17-27(36)33-15-13-32(14-16-33)24-5-3-4-6-25(24)39-2/h3-8,11-12,19,22H,9-10,13-18H2,1-2H3,(H,30,31,35). The number of aromatic nitrogens is 1. The lowest BCUT2D eigenvalue weighted by Gasteiger charge is -2.36. The molecule has 3 aromatic rings. The second-order valence-corrected chi connectivity index (χ2v) is 10.7. The molecular weight excluding hydrogens is 530 g/mol. The number of thiazole rings is 1. The Kier molecular flexibility index (Phi) is 8.49. The van der Waals surface area contributed by atoms with Crippen LogP contribution in [0.4, 0.5) is 10.8 Å². The molecule has 11 heteroatoms. The van der Waals surface area contributed by atoms with Crippen molar-refractivity contribution in [2.24, 2.45) is 0 Å². The van der Waals surface area contributed by atoms with Gasteiger partial charge in [-0.15, -0.1) is 11.3 Å². The summed E-state index contributed by atoms with van der Waals surface area (Å²) in [6.45, 7) is 2.61. The summed E-state index contributed by atoms with van der Waals surface area (Å²) < 4.78 is 10.6. The van der Waals surface area contributed by atoms with Gasteiger partial charge in [-0.05, 0) is 49.2 Å². The van der Waals surface area contributed by atoms with E-state index in [1.54, 1.807) is 48.8 Å². The van der Waals surface area contributed by atoms with Gasteiger partial charge in [-0.25, -0.2) is 4.98 Å². The van der Waals surface area contributed by atoms with Crippen LogP contribution in [-0.4, -0.2) is 85.5 Å². The molecule has 1 aliphatic heterocycles. The maximum atomic E-state index is 13.1. The van der Waals surface area contributed by atoms with Crippen molar-refractivity contribution in [1.82, 2.24) is 14.8 Å². The van der Waals surface area contributed by atoms with Gasteiger partial charge in [0.2, 0.25) is 11.8 Å². The number of nitrogens with zero attached hydrogens (tertiary/aromatic N) is 4. The van der Waals surface area contributed by atoms with E-state index in [1.165, 1.54) is 11.3 Å². The van der Waals surface area contributed by atoms with Crippen LogP contribution >= 0.6 is 11.3 Å². The molecule has 40 heavy (non-hydrogen) atoms. The number of nitrogens with one attached hydrogen (secondary N) is 1. The van der Waals surface area contributed by atoms with E-state index in [2.05, 4.69) is 15.2 Å². The third kappa shape index (κ3) is 6.53. The Morgan fingerprint density at radius 2 is 1.73 bits per heavy atom. The van der Waals surface area contributed by atoms with E-state index in [0.717, 1.165) is 37.4 Å². The number of hydrogen-bond acceptors (Lipinski definition) is 8. The van der Waals surface area contributed by atoms with E-state index in [4.69, 9.17) is 9.47 Å². The van der Waals surface area contributed by atoms with Crippen LogP contribution < -0.4 is 19.7 Å². The minimum Gasteiger partial charge on any atom is -0.497 e. The molecule has 5 rings (SSSR count). The molecule has 1 saturated heterocycles. The number of anilines is 2. The lowest BCUT2D eigenvalue weighted by molar-refractivity contribution is -0.130. The molecular formula is C29H33N5O5S. The Labute approximate surface area is 237 Å². The molecule has 0 radical (unpaired) electrons. The molecule has 10 nitrogen and oxygen atoms in total. The Morgan fingerprint density at radius 1 is 1.00 bits per heavy atom. The monoisotopic (exact) mass is 563 g/mol. The summed E-state index contributed by atoms with van der Waals surface area (Å²) in [7, 11) is 3.23. The van der Waals surface area contributed by atoms with Crippen molar-refractivity contribution < 1.29 is 23.9 Å². The highest BCUT2D eigenvalue weighted by Gasteiger charge is 2.34. The minimum atomic E-state index is -0.312. The molecule has 2 fully saturated rings. The van der Waals surface area contributed by atoms with Crippen molar-refractivity contribution in [3.8, 4) is 11.5 Å². The fraction of sp³-hybridized carbons (Fsp3) is 0.379. The number of piperazine rings is 1. The van der Waals surface area contributed by atoms with E-state index in [1.807, 2.05) is 29.2 Å². The average Bonchev–Trinajstić information content (AvgIpc) is 3.75. The molecule has 0 unspecified atom stereocenters. The van der Waals surface area contributed by atoms with Gasteiger partial charge in [0.25, 0.3) is 5.91 Å². The van der Waals surface area contributed by atoms with E-state index >= 15 is 0 Å². The van der Waals surface area contributed by atoms with Crippen molar-refractivity contribution in [3.05, 3.63) is 65.2 Å². The molecule has 1 aromatic heterocycles. The summed E-state index contributed by atoms with van der Waals surface area (Å²) in [6, 6.07) is 14.8. The van der Waals surface area contributed by atoms with E-state index in [9.17, 15) is 14.4 Å². The molecule has 2 aliphatic rings. The lowest BCUT2D eigenvalue weighted by Crippen LogP contribution is -2.49. The van der Waals surface area contributed by atoms with Gasteiger partial charge in [-0.1, -0.05) is 12.1 Å². The minimum absolute atomic E-state index is 0.00727. The van der Waals surface area contributed by atoms with E-state index in [0.29, 0.717) is 35.2 Å². The normalized spacial score (nSPS) is 14.9. The molecule has 0 spiro atoms. The number of carbonyl (C=O) groups is 3. The van der Waals surface area contributed by atoms with Crippen LogP contribution in [0, 0.1) is 0 Å². The SMILES string of the molecule is COc1ccc(C(=O)N(CC(=O)Nc2nc(CC(=O)N3CCN(c4ccccc4OC)CC3)cs2)C2CC2)cc1. The Bertz CT molecular complexity index is 1350. The second kappa shape index (κ2) is 12.4. The summed E-state index contributed by atoms with van der Waals surface area (Å²) in [4.78, 5) is 49.0. The number of carbonyl (C=O) groups excluding carboxylic acids is 3. The zero-order valence-corrected chi connectivity index (χ0v) is 23.5. The van der Waals surface area contributed by atoms with Crippen molar-refractivity contribution >= 4 is 39.9 Å². The maximum Gasteiger partial charge on any atom is 0.254 e. The van der Waals surface area contributed by atoms with Crippen molar-refractivity contribution in [2.45, 2.75) is 25.3 Å². The highest BCUT2D eigenvalue weighted by molar-refractivity contribution is 7.13. The third-order valence-corrected chi connectivity index (χ3v) is 7.89. The van der Waals surface area contributed by atoms with Gasteiger partial charge in [-0.2, -0.15) is 0 Å². The first kappa shape index (κ1) is 27.4. The molecule has 2 aromatic carbocycles. The maximum absolute atomic E-state index is 13.1. The van der Waals surface area contributed by atoms with Crippen LogP contribution in [-0.2, 0) is 16.0 Å². The van der Waals surface area contributed by atoms with E-state index < -0.39 is 0 Å². The van der Waals surface area contributed by atoms with Crippen LogP contribution in [0.2, 0.25) is 0 Å². The summed E-state index contributed by atoms with van der Waals surface area (Å²) in [5, 5.41) is 5.01. The predicted molar refractivity (Wildman–Crippen MR) is 153 cm³/mol. The van der Waals surface area contributed by atoms with Crippen LogP contribution in [0.15, 0.2) is 53.9 Å². The topological polar surface area (TPSA) is 104 Å². The number of benzene rings is 2. The van der Waals surface area contributed by atoms with Gasteiger partial charge >= 0.3 is 0 Å². The van der Waals surface area contributed by atoms with Crippen LogP contribution in [0.3, 0.4) is 0 Å². The molecule has 1 aliphatic carbocycles. The van der Waals surface area contributed by atoms with Crippen LogP contribution in [0.25, 0.3) is 0 Å². The summed E-state index contributed by atoms with van der Waals surface area (Å²) in [6.07, 6.45) is 1.93. The molecule has 1 N–H and O–H groups in total. The van der Waals surface area contributed by atoms with Gasteiger partial charge in [0.15, 0.2) is 5.13 Å². The number of hydrogen-bond donors (Lipinski definition) is 1. The molecule has 3 amide bonds. The fourth-order valence-electron chi connectivity index (χ4n) is 4.77. The van der Waals surface area contributed by atoms with Crippen molar-refractivity contribution in [1.29, 1.82) is 0 Å². The Morgan fingerprint density at radius 3 is 2.40 bits per heavy atom. The van der Waals surface area contributed by atoms with Gasteiger partial charge in [0, 0.05) is 43.2 Å². The smallest absolute Gasteiger partial charge is 0.254 e. The molecule has 0 bridgehead atoms. The predicted octanol–water partition coefficient (Wildman–Crippen LogP) is 3.29. The van der Waals surface area contributed by atoms with Crippen molar-refractivity contribution in [3.63, 3.8) is 0 Å². The van der Waals surface area contributed by atoms with Crippen LogP contribution in [0.1, 0.15) is 28.9 Å². The number of amides is 3. The highest BCUT2D eigenvalue weighted by Crippen LogP contribution is 2.30. The van der Waals surface area contributed by atoms with Gasteiger partial charge in [0.1, 0.15) is 18.0 Å². The Balaban J connectivity index is 1.12. The van der Waals surface area contributed by atoms with Gasteiger partial charge < -0.3 is 29.5 Å². The average molecular weight is 564 g/mol. The highest BCUT2D eigenvalue weighted by atomic mass is 32.1. The first-order valence-electron chi connectivity index (χ1n) is 13.3. The quantitative estimate of drug-likeness (QED) is 0.404. The lowest BCUT2D eigenvalue weighted by atomic mass is 10.2. The second-order valence-electron chi connectivity index (χ2n) is 9.80.